The van der Waals surface area contributed by atoms with Gasteiger partial charge < -0.3 is 0 Å². The van der Waals surface area contributed by atoms with Gasteiger partial charge in [-0.25, -0.2) is 0 Å². The van der Waals surface area contributed by atoms with E-state index < -0.39 is 0 Å². The van der Waals surface area contributed by atoms with E-state index in [0.29, 0.717) is 5.56 Å². The smallest absolute Gasteiger partial charge is 0.159 e. The Morgan fingerprint density at radius 1 is 1.26 bits per heavy atom. The average Bonchev–Trinajstić information content (AvgIpc) is 2.34. The molecule has 0 bridgehead atoms. The summed E-state index contributed by atoms with van der Waals surface area (Å²) in [6.07, 6.45) is 0. The van der Waals surface area contributed by atoms with Crippen molar-refractivity contribution in [3.63, 3.8) is 0 Å². The van der Waals surface area contributed by atoms with Crippen molar-refractivity contribution in [3.05, 3.63) is 52.4 Å². The number of hydrogen-bond donors (Lipinski definition) is 0. The molecule has 100 valence electrons. The number of carbonyl (C=O) groups is 1. The zero-order chi connectivity index (χ0) is 14.6. The van der Waals surface area contributed by atoms with Crippen molar-refractivity contribution in [2.75, 3.05) is 0 Å². The predicted octanol–water partition coefficient (Wildman–Crippen LogP) is 4.63. The van der Waals surface area contributed by atoms with Crippen LogP contribution in [0.25, 0.3) is 16.0 Å². The van der Waals surface area contributed by atoms with Gasteiger partial charge in [-0.1, -0.05) is 56.7 Å². The van der Waals surface area contributed by atoms with Gasteiger partial charge in [-0.2, -0.15) is 0 Å². The van der Waals surface area contributed by atoms with Crippen LogP contribution in [0.1, 0.15) is 43.6 Å². The van der Waals surface area contributed by atoms with Crippen molar-refractivity contribution in [1.29, 1.82) is 0 Å². The fourth-order valence-corrected chi connectivity index (χ4v) is 1.89. The van der Waals surface area contributed by atoms with Gasteiger partial charge in [0, 0.05) is 10.5 Å². The second kappa shape index (κ2) is 5.72. The summed E-state index contributed by atoms with van der Waals surface area (Å²) >= 11 is 0. The maximum absolute atomic E-state index is 11.2. The summed E-state index contributed by atoms with van der Waals surface area (Å²) < 4.78 is 0. The third kappa shape index (κ3) is 3.70. The molecular weight excluding hydrogens is 238 g/mol. The maximum Gasteiger partial charge on any atom is 0.159 e. The number of benzene rings is 1. The molecule has 0 aliphatic carbocycles. The van der Waals surface area contributed by atoms with Crippen LogP contribution in [0.4, 0.5) is 0 Å². The van der Waals surface area contributed by atoms with Crippen molar-refractivity contribution in [1.82, 2.24) is 0 Å². The Morgan fingerprint density at radius 3 is 2.11 bits per heavy atom. The molecule has 0 saturated carbocycles. The van der Waals surface area contributed by atoms with Crippen LogP contribution in [0.5, 0.6) is 0 Å². The van der Waals surface area contributed by atoms with E-state index in [2.05, 4.69) is 16.6 Å². The number of nitrogens with zero attached hydrogens (tertiary/aromatic N) is 3. The summed E-state index contributed by atoms with van der Waals surface area (Å²) in [7, 11) is 0. The highest BCUT2D eigenvalue weighted by atomic mass is 16.1. The molecule has 1 rings (SSSR count). The molecule has 1 atom stereocenters. The molecule has 0 aromatic heterocycles. The number of azide groups is 1. The van der Waals surface area contributed by atoms with Crippen LogP contribution in [-0.2, 0) is 0 Å². The lowest BCUT2D eigenvalue weighted by Crippen LogP contribution is -2.25. The van der Waals surface area contributed by atoms with Gasteiger partial charge in [-0.3, -0.25) is 4.79 Å². The van der Waals surface area contributed by atoms with Gasteiger partial charge in [0.25, 0.3) is 0 Å². The molecule has 0 fully saturated rings. The highest BCUT2D eigenvalue weighted by Crippen LogP contribution is 2.33. The SMILES string of the molecule is C=C(c1ccc(C(C)=O)cc1)C(N=[N+]=[N-])C(C)(C)C. The van der Waals surface area contributed by atoms with Crippen LogP contribution in [0.15, 0.2) is 36.0 Å². The van der Waals surface area contributed by atoms with Crippen molar-refractivity contribution in [2.45, 2.75) is 33.7 Å². The molecule has 0 spiro atoms. The first-order chi connectivity index (χ1) is 8.77. The molecule has 0 radical (unpaired) electrons. The summed E-state index contributed by atoms with van der Waals surface area (Å²) in [6, 6.07) is 6.88. The standard InChI is InChI=1S/C15H19N3O/c1-10(14(17-18-16)15(3,4)5)12-6-8-13(9-7-12)11(2)19/h6-9,14H,1H2,2-5H3. The lowest BCUT2D eigenvalue weighted by molar-refractivity contribution is 0.101. The molecule has 0 aliphatic rings. The predicted molar refractivity (Wildman–Crippen MR) is 77.9 cm³/mol. The van der Waals surface area contributed by atoms with Gasteiger partial charge in [-0.15, -0.1) is 0 Å². The van der Waals surface area contributed by atoms with E-state index in [1.54, 1.807) is 12.1 Å². The number of Topliss-reactive ketones (excluding diaryl/α,β-unsaturated/α-hetero) is 1. The van der Waals surface area contributed by atoms with Gasteiger partial charge in [0.05, 0.1) is 6.04 Å². The van der Waals surface area contributed by atoms with Crippen molar-refractivity contribution in [3.8, 4) is 0 Å². The third-order valence-corrected chi connectivity index (χ3v) is 2.98. The molecule has 0 N–H and O–H groups in total. The van der Waals surface area contributed by atoms with E-state index in [1.807, 2.05) is 32.9 Å². The van der Waals surface area contributed by atoms with Crippen LogP contribution >= 0.6 is 0 Å². The maximum atomic E-state index is 11.2. The van der Waals surface area contributed by atoms with Crippen molar-refractivity contribution >= 4 is 11.4 Å². The van der Waals surface area contributed by atoms with E-state index in [1.165, 1.54) is 6.92 Å². The van der Waals surface area contributed by atoms with Crippen LogP contribution < -0.4 is 0 Å². The summed E-state index contributed by atoms with van der Waals surface area (Å²) in [6.45, 7) is 11.6. The monoisotopic (exact) mass is 257 g/mol. The first kappa shape index (κ1) is 15.0. The quantitative estimate of drug-likeness (QED) is 0.335. The lowest BCUT2D eigenvalue weighted by atomic mass is 9.81. The minimum absolute atomic E-state index is 0.0274. The van der Waals surface area contributed by atoms with Crippen LogP contribution in [0, 0.1) is 5.41 Å². The van der Waals surface area contributed by atoms with Gasteiger partial charge in [0.1, 0.15) is 0 Å². The summed E-state index contributed by atoms with van der Waals surface area (Å²) in [5, 5.41) is 3.84. The molecule has 1 aromatic carbocycles. The Hall–Kier alpha value is -2.06. The number of carbonyl (C=O) groups excluding carboxylic acids is 1. The summed E-state index contributed by atoms with van der Waals surface area (Å²) in [4.78, 5) is 14.1. The topological polar surface area (TPSA) is 65.8 Å². The molecule has 19 heavy (non-hydrogen) atoms. The fraction of sp³-hybridized carbons (Fsp3) is 0.400. The second-order valence-corrected chi connectivity index (χ2v) is 5.63. The Kier molecular flexibility index (Phi) is 4.52. The first-order valence-electron chi connectivity index (χ1n) is 6.11. The number of ketones is 1. The zero-order valence-corrected chi connectivity index (χ0v) is 11.8. The van der Waals surface area contributed by atoms with Gasteiger partial charge >= 0.3 is 0 Å². The molecule has 0 saturated heterocycles. The summed E-state index contributed by atoms with van der Waals surface area (Å²) in [5.41, 5.74) is 10.8. The molecule has 4 heteroatoms. The minimum Gasteiger partial charge on any atom is -0.295 e. The first-order valence-corrected chi connectivity index (χ1v) is 6.11. The number of rotatable bonds is 4. The average molecular weight is 257 g/mol. The Labute approximate surface area is 113 Å². The molecule has 4 nitrogen and oxygen atoms in total. The molecule has 0 amide bonds. The lowest BCUT2D eigenvalue weighted by Gasteiger charge is -2.28. The van der Waals surface area contributed by atoms with Gasteiger partial charge in [0.15, 0.2) is 5.78 Å². The third-order valence-electron chi connectivity index (χ3n) is 2.98. The van der Waals surface area contributed by atoms with Crippen LogP contribution in [-0.4, -0.2) is 11.8 Å². The van der Waals surface area contributed by atoms with E-state index in [-0.39, 0.29) is 17.2 Å². The van der Waals surface area contributed by atoms with E-state index >= 15 is 0 Å². The Morgan fingerprint density at radius 2 is 1.74 bits per heavy atom. The van der Waals surface area contributed by atoms with Crippen molar-refractivity contribution < 1.29 is 4.79 Å². The molecule has 1 unspecified atom stereocenters. The molecule has 1 aromatic rings. The zero-order valence-electron chi connectivity index (χ0n) is 11.8. The highest BCUT2D eigenvalue weighted by Gasteiger charge is 2.26. The van der Waals surface area contributed by atoms with E-state index in [9.17, 15) is 4.79 Å². The largest absolute Gasteiger partial charge is 0.295 e. The van der Waals surface area contributed by atoms with Gasteiger partial charge in [0.2, 0.25) is 0 Å². The van der Waals surface area contributed by atoms with E-state index in [4.69, 9.17) is 5.53 Å². The van der Waals surface area contributed by atoms with Crippen molar-refractivity contribution in [2.24, 2.45) is 10.5 Å². The molecule has 0 heterocycles. The normalized spacial score (nSPS) is 12.4. The van der Waals surface area contributed by atoms with Crippen LogP contribution in [0.3, 0.4) is 0 Å². The second-order valence-electron chi connectivity index (χ2n) is 5.63. The molecular formula is C15H19N3O. The fourth-order valence-electron chi connectivity index (χ4n) is 1.89. The molecule has 0 aliphatic heterocycles. The van der Waals surface area contributed by atoms with Crippen LogP contribution in [0.2, 0.25) is 0 Å². The number of hydrogen-bond acceptors (Lipinski definition) is 2. The minimum atomic E-state index is -0.319. The Balaban J connectivity index is 3.10. The highest BCUT2D eigenvalue weighted by molar-refractivity contribution is 5.94. The van der Waals surface area contributed by atoms with Gasteiger partial charge in [-0.05, 0) is 29.0 Å². The summed E-state index contributed by atoms with van der Waals surface area (Å²) in [5.74, 6) is 0.0274. The van der Waals surface area contributed by atoms with E-state index in [0.717, 1.165) is 11.1 Å². The Bertz CT molecular complexity index is 532.